The van der Waals surface area contributed by atoms with Crippen LogP contribution in [0, 0.1) is 0 Å². The Hall–Kier alpha value is -3.32. The Morgan fingerprint density at radius 1 is 1.17 bits per heavy atom. The minimum atomic E-state index is -0.342. The first-order valence-corrected chi connectivity index (χ1v) is 9.11. The van der Waals surface area contributed by atoms with E-state index in [1.807, 2.05) is 54.7 Å². The first-order chi connectivity index (χ1) is 14.1. The van der Waals surface area contributed by atoms with Crippen LogP contribution >= 0.6 is 0 Å². The van der Waals surface area contributed by atoms with E-state index in [1.54, 1.807) is 14.2 Å². The smallest absolute Gasteiger partial charge is 0.323 e. The maximum atomic E-state index is 11.6. The summed E-state index contributed by atoms with van der Waals surface area (Å²) >= 11 is 0. The van der Waals surface area contributed by atoms with E-state index in [0.717, 1.165) is 27.8 Å². The Kier molecular flexibility index (Phi) is 8.72. The van der Waals surface area contributed by atoms with Crippen LogP contribution in [0.4, 0.5) is 0 Å². The molecule has 0 aliphatic carbocycles. The molecule has 0 aliphatic heterocycles. The maximum absolute atomic E-state index is 11.6. The van der Waals surface area contributed by atoms with Gasteiger partial charge < -0.3 is 24.5 Å². The van der Waals surface area contributed by atoms with Crippen LogP contribution in [-0.2, 0) is 32.1 Å². The second kappa shape index (κ2) is 11.5. The summed E-state index contributed by atoms with van der Waals surface area (Å²) in [7, 11) is 4.78. The van der Waals surface area contributed by atoms with Crippen LogP contribution in [-0.4, -0.2) is 44.7 Å². The molecule has 1 atom stereocenters. The molecule has 0 spiro atoms. The zero-order valence-corrected chi connectivity index (χ0v) is 16.8. The molecule has 154 valence electrons. The predicted molar refractivity (Wildman–Crippen MR) is 111 cm³/mol. The van der Waals surface area contributed by atoms with Gasteiger partial charge in [-0.1, -0.05) is 30.3 Å². The average Bonchev–Trinajstić information content (AvgIpc) is 3.18. The van der Waals surface area contributed by atoms with Crippen molar-refractivity contribution in [2.75, 3.05) is 21.3 Å². The number of carbonyl (C=O) groups is 2. The molecule has 7 nitrogen and oxygen atoms in total. The molecule has 3 rings (SSSR count). The fourth-order valence-electron chi connectivity index (χ4n) is 2.83. The lowest BCUT2D eigenvalue weighted by molar-refractivity contribution is -0.143. The van der Waals surface area contributed by atoms with E-state index in [1.165, 1.54) is 7.11 Å². The second-order valence-corrected chi connectivity index (χ2v) is 6.19. The molecule has 2 N–H and O–H groups in total. The zero-order valence-electron chi connectivity index (χ0n) is 16.8. The molecule has 1 aromatic heterocycles. The lowest BCUT2D eigenvalue weighted by Gasteiger charge is -2.12. The number of aromatic amines is 1. The Balaban J connectivity index is 0.000000253. The van der Waals surface area contributed by atoms with Crippen LogP contribution in [0.5, 0.6) is 5.75 Å². The lowest BCUT2D eigenvalue weighted by atomic mass is 10.1. The van der Waals surface area contributed by atoms with Crippen molar-refractivity contribution < 1.29 is 23.8 Å². The van der Waals surface area contributed by atoms with E-state index >= 15 is 0 Å². The zero-order chi connectivity index (χ0) is 21.1. The molecule has 0 bridgehead atoms. The summed E-state index contributed by atoms with van der Waals surface area (Å²) in [5, 5.41) is 4.05. The first kappa shape index (κ1) is 22.0. The van der Waals surface area contributed by atoms with Gasteiger partial charge in [0.15, 0.2) is 0 Å². The minimum absolute atomic E-state index is 0.259. The number of methoxy groups -OCH3 is 2. The highest BCUT2D eigenvalue weighted by Crippen LogP contribution is 2.24. The molecule has 0 saturated heterocycles. The van der Waals surface area contributed by atoms with Crippen molar-refractivity contribution in [2.24, 2.45) is 0 Å². The van der Waals surface area contributed by atoms with Gasteiger partial charge in [0.25, 0.3) is 6.47 Å². The average molecular weight is 398 g/mol. The molecule has 0 fully saturated rings. The van der Waals surface area contributed by atoms with E-state index < -0.39 is 0 Å². The van der Waals surface area contributed by atoms with Gasteiger partial charge in [-0.05, 0) is 30.3 Å². The van der Waals surface area contributed by atoms with Crippen LogP contribution in [0.1, 0.15) is 11.1 Å². The van der Waals surface area contributed by atoms with Crippen LogP contribution in [0.25, 0.3) is 10.9 Å². The molecule has 0 saturated carbocycles. The molecule has 0 amide bonds. The number of rotatable bonds is 8. The number of nitrogens with one attached hydrogen (secondary N) is 2. The Morgan fingerprint density at radius 3 is 2.55 bits per heavy atom. The summed E-state index contributed by atoms with van der Waals surface area (Å²) in [6.45, 7) is 0.817. The molecular formula is C22H26N2O5. The number of hydrogen-bond donors (Lipinski definition) is 2. The minimum Gasteiger partial charge on any atom is -0.497 e. The third-order valence-corrected chi connectivity index (χ3v) is 4.39. The molecule has 3 aromatic rings. The molecule has 29 heavy (non-hydrogen) atoms. The maximum Gasteiger partial charge on any atom is 0.323 e. The molecule has 0 aliphatic rings. The number of esters is 1. The summed E-state index contributed by atoms with van der Waals surface area (Å²) in [6.07, 6.45) is 2.49. The normalized spacial score (nSPS) is 11.1. The van der Waals surface area contributed by atoms with Crippen molar-refractivity contribution in [1.29, 1.82) is 0 Å². The summed E-state index contributed by atoms with van der Waals surface area (Å²) < 4.78 is 14.5. The number of H-pyrrole nitrogens is 1. The van der Waals surface area contributed by atoms with Gasteiger partial charge in [0.1, 0.15) is 18.4 Å². The summed E-state index contributed by atoms with van der Waals surface area (Å²) in [6, 6.07) is 15.0. The van der Waals surface area contributed by atoms with E-state index in [9.17, 15) is 9.59 Å². The number of ether oxygens (including phenoxy) is 3. The molecular weight excluding hydrogens is 372 g/mol. The summed E-state index contributed by atoms with van der Waals surface area (Å²) in [4.78, 5) is 24.5. The van der Waals surface area contributed by atoms with Crippen LogP contribution in [0.15, 0.2) is 54.7 Å². The monoisotopic (exact) mass is 398 g/mol. The van der Waals surface area contributed by atoms with Crippen LogP contribution < -0.4 is 10.1 Å². The van der Waals surface area contributed by atoms with Crippen LogP contribution in [0.2, 0.25) is 0 Å². The number of benzene rings is 2. The first-order valence-electron chi connectivity index (χ1n) is 9.11. The van der Waals surface area contributed by atoms with Gasteiger partial charge in [-0.15, -0.1) is 0 Å². The van der Waals surface area contributed by atoms with Crippen molar-refractivity contribution >= 4 is 23.3 Å². The highest BCUT2D eigenvalue weighted by molar-refractivity contribution is 5.85. The van der Waals surface area contributed by atoms with Crippen molar-refractivity contribution in [1.82, 2.24) is 10.3 Å². The third kappa shape index (κ3) is 6.36. The quantitative estimate of drug-likeness (QED) is 0.448. The number of likely N-dealkylation sites (N-methyl/N-ethyl adjacent to an activating group) is 1. The van der Waals surface area contributed by atoms with Gasteiger partial charge in [0.05, 0.1) is 14.2 Å². The van der Waals surface area contributed by atoms with Crippen molar-refractivity contribution in [3.8, 4) is 5.75 Å². The van der Waals surface area contributed by atoms with E-state index in [0.29, 0.717) is 19.5 Å². The van der Waals surface area contributed by atoms with Crippen LogP contribution in [0.3, 0.4) is 0 Å². The SMILES string of the molecule is CNC(Cc1c[nH]c2cc(OC)ccc12)C(=O)OC.O=COCc1ccccc1. The van der Waals surface area contributed by atoms with Gasteiger partial charge in [0.2, 0.25) is 0 Å². The number of carbonyl (C=O) groups excluding carboxylic acids is 2. The number of fused-ring (bicyclic) bond motifs is 1. The van der Waals surface area contributed by atoms with Crippen molar-refractivity contribution in [3.05, 3.63) is 65.9 Å². The molecule has 2 aromatic carbocycles. The number of aromatic nitrogens is 1. The fraction of sp³-hybridized carbons (Fsp3) is 0.273. The van der Waals surface area contributed by atoms with Gasteiger partial charge in [-0.2, -0.15) is 0 Å². The Morgan fingerprint density at radius 2 is 1.93 bits per heavy atom. The van der Waals surface area contributed by atoms with Crippen molar-refractivity contribution in [2.45, 2.75) is 19.1 Å². The van der Waals surface area contributed by atoms with Gasteiger partial charge in [-0.3, -0.25) is 9.59 Å². The van der Waals surface area contributed by atoms with E-state index in [-0.39, 0.29) is 12.0 Å². The highest BCUT2D eigenvalue weighted by atomic mass is 16.5. The van der Waals surface area contributed by atoms with E-state index in [4.69, 9.17) is 9.47 Å². The molecule has 0 radical (unpaired) electrons. The Bertz CT molecular complexity index is 908. The molecule has 1 unspecified atom stereocenters. The predicted octanol–water partition coefficient (Wildman–Crippen LogP) is 2.84. The fourth-order valence-corrected chi connectivity index (χ4v) is 2.83. The van der Waals surface area contributed by atoms with Crippen molar-refractivity contribution in [3.63, 3.8) is 0 Å². The number of hydrogen-bond acceptors (Lipinski definition) is 6. The topological polar surface area (TPSA) is 89.6 Å². The van der Waals surface area contributed by atoms with Gasteiger partial charge >= 0.3 is 5.97 Å². The largest absolute Gasteiger partial charge is 0.497 e. The molecule has 1 heterocycles. The van der Waals surface area contributed by atoms with Gasteiger partial charge in [0, 0.05) is 29.6 Å². The standard InChI is InChI=1S/C14H18N2O3.C8H8O2/c1-15-13(14(17)19-3)6-9-8-16-12-7-10(18-2)4-5-11(9)12;9-7-10-6-8-4-2-1-3-5-8/h4-5,7-8,13,15-16H,6H2,1-3H3;1-5,7H,6H2. The van der Waals surface area contributed by atoms with E-state index in [2.05, 4.69) is 15.0 Å². The summed E-state index contributed by atoms with van der Waals surface area (Å²) in [5.74, 6) is 0.546. The lowest BCUT2D eigenvalue weighted by Crippen LogP contribution is -2.36. The second-order valence-electron chi connectivity index (χ2n) is 6.19. The van der Waals surface area contributed by atoms with Gasteiger partial charge in [-0.25, -0.2) is 0 Å². The molecule has 7 heteroatoms. The third-order valence-electron chi connectivity index (χ3n) is 4.39. The Labute approximate surface area is 170 Å². The highest BCUT2D eigenvalue weighted by Gasteiger charge is 2.19. The summed E-state index contributed by atoms with van der Waals surface area (Å²) in [5.41, 5.74) is 3.08.